The molecule has 6 heteroatoms. The van der Waals surface area contributed by atoms with Gasteiger partial charge in [-0.3, -0.25) is 4.79 Å². The first-order chi connectivity index (χ1) is 9.38. The van der Waals surface area contributed by atoms with E-state index in [0.29, 0.717) is 12.1 Å². The van der Waals surface area contributed by atoms with Crippen molar-refractivity contribution in [3.05, 3.63) is 35.1 Å². The minimum absolute atomic E-state index is 0.0220. The average molecular weight is 306 g/mol. The lowest BCUT2D eigenvalue weighted by Gasteiger charge is -2.20. The molecule has 0 radical (unpaired) electrons. The van der Waals surface area contributed by atoms with Crippen molar-refractivity contribution in [1.29, 1.82) is 0 Å². The van der Waals surface area contributed by atoms with Gasteiger partial charge in [0.25, 0.3) is 0 Å². The summed E-state index contributed by atoms with van der Waals surface area (Å²) in [6, 6.07) is 2.40. The fourth-order valence-electron chi connectivity index (χ4n) is 2.25. The SMILES string of the molecule is O=C(CC1CCSCC1)c1ccc(C(F)(F)F)c(F)c1. The summed E-state index contributed by atoms with van der Waals surface area (Å²) < 4.78 is 50.7. The Labute approximate surface area is 118 Å². The lowest BCUT2D eigenvalue weighted by Crippen LogP contribution is -2.15. The van der Waals surface area contributed by atoms with Gasteiger partial charge in [-0.25, -0.2) is 4.39 Å². The molecule has 1 aliphatic heterocycles. The molecule has 2 rings (SSSR count). The van der Waals surface area contributed by atoms with E-state index in [1.165, 1.54) is 0 Å². The zero-order valence-electron chi connectivity index (χ0n) is 10.7. The van der Waals surface area contributed by atoms with Crippen molar-refractivity contribution in [2.45, 2.75) is 25.4 Å². The molecule has 1 aromatic carbocycles. The van der Waals surface area contributed by atoms with Crippen LogP contribution in [0.4, 0.5) is 17.6 Å². The molecule has 1 aliphatic rings. The number of benzene rings is 1. The fraction of sp³-hybridized carbons (Fsp3) is 0.500. The molecule has 0 saturated carbocycles. The van der Waals surface area contributed by atoms with E-state index in [-0.39, 0.29) is 23.7 Å². The van der Waals surface area contributed by atoms with E-state index in [2.05, 4.69) is 0 Å². The number of hydrogen-bond acceptors (Lipinski definition) is 2. The Bertz CT molecular complexity index is 492. The summed E-state index contributed by atoms with van der Waals surface area (Å²) in [7, 11) is 0. The summed E-state index contributed by atoms with van der Waals surface area (Å²) in [5.74, 6) is 0.588. The molecule has 0 atom stereocenters. The number of carbonyl (C=O) groups is 1. The van der Waals surface area contributed by atoms with Crippen molar-refractivity contribution in [2.24, 2.45) is 5.92 Å². The molecule has 0 N–H and O–H groups in total. The van der Waals surface area contributed by atoms with Gasteiger partial charge in [-0.1, -0.05) is 6.07 Å². The zero-order valence-corrected chi connectivity index (χ0v) is 11.5. The molecule has 0 aliphatic carbocycles. The first-order valence-electron chi connectivity index (χ1n) is 6.35. The van der Waals surface area contributed by atoms with E-state index >= 15 is 0 Å². The number of alkyl halides is 3. The molecule has 0 aromatic heterocycles. The normalized spacial score (nSPS) is 17.2. The van der Waals surface area contributed by atoms with Crippen LogP contribution in [0.5, 0.6) is 0 Å². The van der Waals surface area contributed by atoms with Crippen molar-refractivity contribution in [3.63, 3.8) is 0 Å². The Hall–Kier alpha value is -1.04. The van der Waals surface area contributed by atoms with Gasteiger partial charge in [-0.15, -0.1) is 0 Å². The van der Waals surface area contributed by atoms with Crippen LogP contribution in [0.2, 0.25) is 0 Å². The highest BCUT2D eigenvalue weighted by molar-refractivity contribution is 7.99. The Kier molecular flexibility index (Phi) is 4.73. The molecule has 1 fully saturated rings. The Morgan fingerprint density at radius 3 is 2.45 bits per heavy atom. The van der Waals surface area contributed by atoms with Crippen LogP contribution in [-0.2, 0) is 6.18 Å². The molecule has 1 nitrogen and oxygen atoms in total. The summed E-state index contributed by atoms with van der Waals surface area (Å²) in [5.41, 5.74) is -1.31. The van der Waals surface area contributed by atoms with Crippen LogP contribution in [-0.4, -0.2) is 17.3 Å². The van der Waals surface area contributed by atoms with Crippen LogP contribution < -0.4 is 0 Å². The highest BCUT2D eigenvalue weighted by Gasteiger charge is 2.34. The fourth-order valence-corrected chi connectivity index (χ4v) is 3.45. The predicted octanol–water partition coefficient (Wildman–Crippen LogP) is 4.56. The van der Waals surface area contributed by atoms with Crippen molar-refractivity contribution >= 4 is 17.5 Å². The molecule has 0 unspecified atom stereocenters. The van der Waals surface area contributed by atoms with Gasteiger partial charge in [0.05, 0.1) is 5.56 Å². The first kappa shape index (κ1) is 15.4. The molecule has 20 heavy (non-hydrogen) atoms. The highest BCUT2D eigenvalue weighted by Crippen LogP contribution is 2.32. The second kappa shape index (κ2) is 6.16. The van der Waals surface area contributed by atoms with Crippen LogP contribution >= 0.6 is 11.8 Å². The van der Waals surface area contributed by atoms with E-state index in [1.807, 2.05) is 11.8 Å². The molecule has 1 heterocycles. The molecular formula is C14H14F4OS. The third-order valence-electron chi connectivity index (χ3n) is 3.41. The highest BCUT2D eigenvalue weighted by atomic mass is 32.2. The first-order valence-corrected chi connectivity index (χ1v) is 7.51. The zero-order chi connectivity index (χ0) is 14.8. The second-order valence-electron chi connectivity index (χ2n) is 4.88. The monoisotopic (exact) mass is 306 g/mol. The molecule has 110 valence electrons. The lowest BCUT2D eigenvalue weighted by atomic mass is 9.93. The molecular weight excluding hydrogens is 292 g/mol. The molecule has 1 saturated heterocycles. The summed E-state index contributed by atoms with van der Waals surface area (Å²) in [6.07, 6.45) is -2.59. The Balaban J connectivity index is 2.09. The third-order valence-corrected chi connectivity index (χ3v) is 4.46. The maximum absolute atomic E-state index is 13.4. The molecule has 0 bridgehead atoms. The lowest BCUT2D eigenvalue weighted by molar-refractivity contribution is -0.140. The standard InChI is InChI=1S/C14H14F4OS/c15-12-8-10(1-2-11(12)14(16,17)18)13(19)7-9-3-5-20-6-4-9/h1-2,8-9H,3-7H2. The quantitative estimate of drug-likeness (QED) is 0.601. The van der Waals surface area contributed by atoms with E-state index in [1.54, 1.807) is 0 Å². The van der Waals surface area contributed by atoms with Crippen LogP contribution in [0.25, 0.3) is 0 Å². The number of carbonyl (C=O) groups excluding carboxylic acids is 1. The Morgan fingerprint density at radius 1 is 1.25 bits per heavy atom. The van der Waals surface area contributed by atoms with E-state index in [0.717, 1.165) is 30.4 Å². The van der Waals surface area contributed by atoms with Crippen molar-refractivity contribution in [2.75, 3.05) is 11.5 Å². The number of thioether (sulfide) groups is 1. The van der Waals surface area contributed by atoms with Gasteiger partial charge in [0, 0.05) is 12.0 Å². The van der Waals surface area contributed by atoms with Gasteiger partial charge >= 0.3 is 6.18 Å². The van der Waals surface area contributed by atoms with Crippen LogP contribution in [0.1, 0.15) is 35.2 Å². The van der Waals surface area contributed by atoms with Gasteiger partial charge < -0.3 is 0 Å². The summed E-state index contributed by atoms with van der Waals surface area (Å²) >= 11 is 1.83. The van der Waals surface area contributed by atoms with E-state index < -0.39 is 17.6 Å². The Morgan fingerprint density at radius 2 is 1.90 bits per heavy atom. The van der Waals surface area contributed by atoms with Gasteiger partial charge in [-0.05, 0) is 42.4 Å². The summed E-state index contributed by atoms with van der Waals surface area (Å²) in [4.78, 5) is 12.0. The van der Waals surface area contributed by atoms with Gasteiger partial charge in [0.1, 0.15) is 5.82 Å². The van der Waals surface area contributed by atoms with Crippen LogP contribution in [0.3, 0.4) is 0 Å². The number of rotatable bonds is 3. The van der Waals surface area contributed by atoms with Crippen molar-refractivity contribution < 1.29 is 22.4 Å². The van der Waals surface area contributed by atoms with Gasteiger partial charge in [0.2, 0.25) is 0 Å². The van der Waals surface area contributed by atoms with E-state index in [4.69, 9.17) is 0 Å². The van der Waals surface area contributed by atoms with Gasteiger partial charge in [0.15, 0.2) is 5.78 Å². The third kappa shape index (κ3) is 3.75. The number of hydrogen-bond donors (Lipinski definition) is 0. The number of Topliss-reactive ketones (excluding diaryl/α,β-unsaturated/α-hetero) is 1. The largest absolute Gasteiger partial charge is 0.419 e. The van der Waals surface area contributed by atoms with E-state index in [9.17, 15) is 22.4 Å². The predicted molar refractivity (Wildman–Crippen MR) is 70.4 cm³/mol. The summed E-state index contributed by atoms with van der Waals surface area (Å²) in [5, 5.41) is 0. The van der Waals surface area contributed by atoms with Gasteiger partial charge in [-0.2, -0.15) is 24.9 Å². The second-order valence-corrected chi connectivity index (χ2v) is 6.10. The van der Waals surface area contributed by atoms with Crippen molar-refractivity contribution in [1.82, 2.24) is 0 Å². The average Bonchev–Trinajstić information content (AvgIpc) is 2.38. The molecule has 0 amide bonds. The number of halogens is 4. The minimum atomic E-state index is -4.73. The molecule has 0 spiro atoms. The maximum Gasteiger partial charge on any atom is 0.419 e. The van der Waals surface area contributed by atoms with Crippen molar-refractivity contribution in [3.8, 4) is 0 Å². The van der Waals surface area contributed by atoms with Crippen LogP contribution in [0, 0.1) is 11.7 Å². The molecule has 1 aromatic rings. The van der Waals surface area contributed by atoms with Crippen LogP contribution in [0.15, 0.2) is 18.2 Å². The maximum atomic E-state index is 13.4. The minimum Gasteiger partial charge on any atom is -0.294 e. The topological polar surface area (TPSA) is 17.1 Å². The number of ketones is 1. The smallest absolute Gasteiger partial charge is 0.294 e. The summed E-state index contributed by atoms with van der Waals surface area (Å²) in [6.45, 7) is 0.